The molecule has 0 aliphatic carbocycles. The standard InChI is InChI=1S/C10H5ClFNOS/c11-6-3-5-15-10(6)9(14)8-7(12)2-1-4-13-8/h1-5H. The number of carbonyl (C=O) groups excluding carboxylic acids is 1. The van der Waals surface area contributed by atoms with Crippen LogP contribution >= 0.6 is 22.9 Å². The van der Waals surface area contributed by atoms with Gasteiger partial charge in [-0.25, -0.2) is 9.37 Å². The molecule has 2 rings (SSSR count). The van der Waals surface area contributed by atoms with Crippen molar-refractivity contribution in [3.05, 3.63) is 51.2 Å². The Morgan fingerprint density at radius 2 is 2.27 bits per heavy atom. The zero-order chi connectivity index (χ0) is 10.8. The summed E-state index contributed by atoms with van der Waals surface area (Å²) in [5.74, 6) is -1.11. The van der Waals surface area contributed by atoms with Gasteiger partial charge in [0.05, 0.1) is 9.90 Å². The number of pyridine rings is 1. The topological polar surface area (TPSA) is 30.0 Å². The van der Waals surface area contributed by atoms with Crippen molar-refractivity contribution in [2.45, 2.75) is 0 Å². The Morgan fingerprint density at radius 3 is 2.87 bits per heavy atom. The van der Waals surface area contributed by atoms with Crippen LogP contribution < -0.4 is 0 Å². The third kappa shape index (κ3) is 1.91. The molecule has 2 heterocycles. The molecule has 0 aliphatic rings. The van der Waals surface area contributed by atoms with Gasteiger partial charge in [0.1, 0.15) is 5.69 Å². The van der Waals surface area contributed by atoms with Gasteiger partial charge in [-0.2, -0.15) is 0 Å². The van der Waals surface area contributed by atoms with Crippen LogP contribution in [0.15, 0.2) is 29.8 Å². The van der Waals surface area contributed by atoms with Crippen molar-refractivity contribution in [2.24, 2.45) is 0 Å². The summed E-state index contributed by atoms with van der Waals surface area (Å²) in [5.41, 5.74) is -0.193. The molecule has 0 fully saturated rings. The van der Waals surface area contributed by atoms with Crippen molar-refractivity contribution in [3.63, 3.8) is 0 Å². The number of nitrogens with zero attached hydrogens (tertiary/aromatic N) is 1. The Bertz CT molecular complexity index is 512. The Hall–Kier alpha value is -1.26. The van der Waals surface area contributed by atoms with Crippen LogP contribution in [0.4, 0.5) is 4.39 Å². The van der Waals surface area contributed by atoms with Crippen LogP contribution in [0, 0.1) is 5.82 Å². The van der Waals surface area contributed by atoms with E-state index >= 15 is 0 Å². The summed E-state index contributed by atoms with van der Waals surface area (Å²) in [7, 11) is 0. The largest absolute Gasteiger partial charge is 0.286 e. The molecular formula is C10H5ClFNOS. The SMILES string of the molecule is O=C(c1ncccc1F)c1sccc1Cl. The fraction of sp³-hybridized carbons (Fsp3) is 0. The predicted molar refractivity (Wildman–Crippen MR) is 57.0 cm³/mol. The molecule has 2 nitrogen and oxygen atoms in total. The lowest BCUT2D eigenvalue weighted by Crippen LogP contribution is -2.05. The maximum absolute atomic E-state index is 13.2. The second-order valence-electron chi connectivity index (χ2n) is 2.76. The van der Waals surface area contributed by atoms with Gasteiger partial charge in [0, 0.05) is 6.20 Å². The van der Waals surface area contributed by atoms with Crippen LogP contribution in [0.3, 0.4) is 0 Å². The first-order chi connectivity index (χ1) is 7.20. The second kappa shape index (κ2) is 4.08. The van der Waals surface area contributed by atoms with Gasteiger partial charge in [0.25, 0.3) is 0 Å². The minimum atomic E-state index is -0.632. The van der Waals surface area contributed by atoms with Crippen molar-refractivity contribution >= 4 is 28.7 Å². The normalized spacial score (nSPS) is 10.3. The molecule has 0 N–H and O–H groups in total. The Balaban J connectivity index is 2.46. The molecule has 0 saturated carbocycles. The van der Waals surface area contributed by atoms with Crippen LogP contribution in [0.2, 0.25) is 5.02 Å². The average Bonchev–Trinajstić information content (AvgIpc) is 2.64. The lowest BCUT2D eigenvalue weighted by Gasteiger charge is -1.98. The van der Waals surface area contributed by atoms with E-state index in [1.807, 2.05) is 0 Å². The molecule has 15 heavy (non-hydrogen) atoms. The highest BCUT2D eigenvalue weighted by atomic mass is 35.5. The zero-order valence-electron chi connectivity index (χ0n) is 7.41. The van der Waals surface area contributed by atoms with Crippen molar-refractivity contribution in [2.75, 3.05) is 0 Å². The molecule has 0 amide bonds. The molecule has 0 radical (unpaired) electrons. The molecule has 0 spiro atoms. The highest BCUT2D eigenvalue weighted by Gasteiger charge is 2.18. The van der Waals surface area contributed by atoms with Crippen molar-refractivity contribution < 1.29 is 9.18 Å². The van der Waals surface area contributed by atoms with E-state index in [9.17, 15) is 9.18 Å². The highest BCUT2D eigenvalue weighted by molar-refractivity contribution is 7.13. The summed E-state index contributed by atoms with van der Waals surface area (Å²) in [6.07, 6.45) is 1.37. The van der Waals surface area contributed by atoms with E-state index in [-0.39, 0.29) is 5.69 Å². The van der Waals surface area contributed by atoms with Gasteiger partial charge < -0.3 is 0 Å². The first kappa shape index (κ1) is 10.3. The molecular weight excluding hydrogens is 237 g/mol. The van der Waals surface area contributed by atoms with E-state index in [4.69, 9.17) is 11.6 Å². The number of thiophene rings is 1. The highest BCUT2D eigenvalue weighted by Crippen LogP contribution is 2.24. The summed E-state index contributed by atoms with van der Waals surface area (Å²) in [6, 6.07) is 4.23. The van der Waals surface area contributed by atoms with Crippen LogP contribution in [-0.4, -0.2) is 10.8 Å². The molecule has 0 atom stereocenters. The summed E-state index contributed by atoms with van der Waals surface area (Å²) < 4.78 is 13.2. The minimum Gasteiger partial charge on any atom is -0.286 e. The molecule has 2 aromatic rings. The molecule has 5 heteroatoms. The van der Waals surface area contributed by atoms with E-state index in [1.54, 1.807) is 11.4 Å². The summed E-state index contributed by atoms with van der Waals surface area (Å²) in [6.45, 7) is 0. The van der Waals surface area contributed by atoms with Gasteiger partial charge >= 0.3 is 0 Å². The molecule has 0 saturated heterocycles. The van der Waals surface area contributed by atoms with Crippen molar-refractivity contribution in [3.8, 4) is 0 Å². The van der Waals surface area contributed by atoms with E-state index in [0.717, 1.165) is 0 Å². The minimum absolute atomic E-state index is 0.193. The van der Waals surface area contributed by atoms with Gasteiger partial charge in [-0.05, 0) is 23.6 Å². The van der Waals surface area contributed by atoms with Gasteiger partial charge in [0.2, 0.25) is 5.78 Å². The Morgan fingerprint density at radius 1 is 1.47 bits per heavy atom. The molecule has 76 valence electrons. The van der Waals surface area contributed by atoms with Crippen LogP contribution in [0.5, 0.6) is 0 Å². The van der Waals surface area contributed by atoms with Crippen LogP contribution in [0.25, 0.3) is 0 Å². The number of rotatable bonds is 2. The quantitative estimate of drug-likeness (QED) is 0.756. The number of hydrogen-bond acceptors (Lipinski definition) is 3. The van der Waals surface area contributed by atoms with Gasteiger partial charge in [-0.1, -0.05) is 11.6 Å². The van der Waals surface area contributed by atoms with Gasteiger partial charge in [-0.3, -0.25) is 4.79 Å². The molecule has 0 unspecified atom stereocenters. The number of halogens is 2. The van der Waals surface area contributed by atoms with E-state index in [2.05, 4.69) is 4.98 Å². The van der Waals surface area contributed by atoms with Gasteiger partial charge in [-0.15, -0.1) is 11.3 Å². The number of aromatic nitrogens is 1. The fourth-order valence-corrected chi connectivity index (χ4v) is 2.20. The summed E-state index contributed by atoms with van der Waals surface area (Å²) in [4.78, 5) is 15.8. The number of carbonyl (C=O) groups is 1. The predicted octanol–water partition coefficient (Wildman–Crippen LogP) is 3.17. The smallest absolute Gasteiger partial charge is 0.225 e. The first-order valence-electron chi connectivity index (χ1n) is 4.08. The first-order valence-corrected chi connectivity index (χ1v) is 5.34. The average molecular weight is 242 g/mol. The zero-order valence-corrected chi connectivity index (χ0v) is 8.98. The third-order valence-electron chi connectivity index (χ3n) is 1.80. The Kier molecular flexibility index (Phi) is 2.79. The van der Waals surface area contributed by atoms with Crippen molar-refractivity contribution in [1.29, 1.82) is 0 Å². The summed E-state index contributed by atoms with van der Waals surface area (Å²) >= 11 is 6.95. The van der Waals surface area contributed by atoms with Crippen LogP contribution in [0.1, 0.15) is 15.4 Å². The molecule has 0 bridgehead atoms. The third-order valence-corrected chi connectivity index (χ3v) is 3.14. The van der Waals surface area contributed by atoms with E-state index < -0.39 is 11.6 Å². The Labute approximate surface area is 94.3 Å². The number of ketones is 1. The van der Waals surface area contributed by atoms with E-state index in [0.29, 0.717) is 9.90 Å². The lowest BCUT2D eigenvalue weighted by atomic mass is 10.2. The number of hydrogen-bond donors (Lipinski definition) is 0. The molecule has 0 aliphatic heterocycles. The maximum atomic E-state index is 13.2. The lowest BCUT2D eigenvalue weighted by molar-refractivity contribution is 0.103. The van der Waals surface area contributed by atoms with Crippen LogP contribution in [-0.2, 0) is 0 Å². The van der Waals surface area contributed by atoms with E-state index in [1.165, 1.54) is 29.7 Å². The summed E-state index contributed by atoms with van der Waals surface area (Å²) in [5, 5.41) is 2.01. The molecule has 0 aromatic carbocycles. The molecule has 2 aromatic heterocycles. The van der Waals surface area contributed by atoms with Gasteiger partial charge in [0.15, 0.2) is 5.82 Å². The maximum Gasteiger partial charge on any atom is 0.225 e. The fourth-order valence-electron chi connectivity index (χ4n) is 1.12. The van der Waals surface area contributed by atoms with Crippen molar-refractivity contribution in [1.82, 2.24) is 4.98 Å². The monoisotopic (exact) mass is 241 g/mol. The second-order valence-corrected chi connectivity index (χ2v) is 4.08.